The van der Waals surface area contributed by atoms with E-state index < -0.39 is 11.9 Å². The summed E-state index contributed by atoms with van der Waals surface area (Å²) in [5.41, 5.74) is 9.41. The van der Waals surface area contributed by atoms with Crippen molar-refractivity contribution in [1.29, 1.82) is 0 Å². The molecule has 6 aromatic rings. The molecular formula is C30H25N7O3. The normalized spacial score (nSPS) is 12.3. The highest BCUT2D eigenvalue weighted by molar-refractivity contribution is 6.04. The van der Waals surface area contributed by atoms with Crippen LogP contribution in [0.4, 0.5) is 5.82 Å². The van der Waals surface area contributed by atoms with Gasteiger partial charge in [0.15, 0.2) is 11.5 Å². The quantitative estimate of drug-likeness (QED) is 0.324. The van der Waals surface area contributed by atoms with Crippen LogP contribution in [0.2, 0.25) is 0 Å². The fourth-order valence-corrected chi connectivity index (χ4v) is 4.77. The van der Waals surface area contributed by atoms with Crippen LogP contribution in [0.1, 0.15) is 40.2 Å². The summed E-state index contributed by atoms with van der Waals surface area (Å²) in [7, 11) is 1.85. The number of hydrogen-bond donors (Lipinski definition) is 2. The van der Waals surface area contributed by atoms with Crippen molar-refractivity contribution in [3.63, 3.8) is 0 Å². The van der Waals surface area contributed by atoms with Crippen molar-refractivity contribution in [3.05, 3.63) is 112 Å². The molecule has 0 saturated heterocycles. The number of nitrogens with one attached hydrogen (secondary N) is 1. The number of anilines is 1. The van der Waals surface area contributed by atoms with Gasteiger partial charge >= 0.3 is 0 Å². The molecule has 4 heterocycles. The first-order valence-electron chi connectivity index (χ1n) is 12.6. The number of carbonyl (C=O) groups excluding carboxylic acids is 1. The van der Waals surface area contributed by atoms with Gasteiger partial charge in [-0.3, -0.25) is 14.3 Å². The maximum atomic E-state index is 14.2. The highest BCUT2D eigenvalue weighted by Crippen LogP contribution is 2.31. The van der Waals surface area contributed by atoms with E-state index in [0.29, 0.717) is 39.1 Å². The number of amides is 1. The molecule has 0 radical (unpaired) electrons. The van der Waals surface area contributed by atoms with Crippen LogP contribution in [0.3, 0.4) is 0 Å². The average Bonchev–Trinajstić information content (AvgIpc) is 3.53. The lowest BCUT2D eigenvalue weighted by Gasteiger charge is -2.18. The van der Waals surface area contributed by atoms with E-state index in [4.69, 9.17) is 10.2 Å². The van der Waals surface area contributed by atoms with Crippen LogP contribution >= 0.6 is 0 Å². The van der Waals surface area contributed by atoms with Crippen molar-refractivity contribution >= 4 is 40.5 Å². The molecule has 0 unspecified atom stereocenters. The average molecular weight is 532 g/mol. The molecule has 1 amide bonds. The topological polar surface area (TPSA) is 133 Å². The zero-order chi connectivity index (χ0) is 27.8. The molecule has 2 aromatic carbocycles. The van der Waals surface area contributed by atoms with Gasteiger partial charge in [-0.2, -0.15) is 5.10 Å². The Bertz CT molecular complexity index is 1970. The Kier molecular flexibility index (Phi) is 6.19. The number of nitrogens with two attached hydrogens (primary N) is 1. The maximum Gasteiger partial charge on any atom is 0.259 e. The molecule has 0 bridgehead atoms. The summed E-state index contributed by atoms with van der Waals surface area (Å²) in [6.07, 6.45) is 10.6. The molecular weight excluding hydrogens is 506 g/mol. The maximum absolute atomic E-state index is 14.2. The number of nitrogen functional groups attached to an aromatic ring is 1. The Morgan fingerprint density at radius 3 is 2.70 bits per heavy atom. The second-order valence-electron chi connectivity index (χ2n) is 9.38. The minimum atomic E-state index is -0.688. The summed E-state index contributed by atoms with van der Waals surface area (Å²) in [5, 5.41) is 11.7. The molecule has 0 spiro atoms. The van der Waals surface area contributed by atoms with E-state index in [2.05, 4.69) is 20.5 Å². The Balaban J connectivity index is 1.46. The number of rotatable bonds is 6. The number of aromatic nitrogens is 5. The summed E-state index contributed by atoms with van der Waals surface area (Å²) in [6, 6.07) is 15.7. The van der Waals surface area contributed by atoms with Crippen LogP contribution in [0.15, 0.2) is 88.6 Å². The fourth-order valence-electron chi connectivity index (χ4n) is 4.77. The van der Waals surface area contributed by atoms with Crippen LogP contribution in [-0.4, -0.2) is 30.3 Å². The highest BCUT2D eigenvalue weighted by Gasteiger charge is 2.26. The van der Waals surface area contributed by atoms with Crippen molar-refractivity contribution in [2.45, 2.75) is 13.0 Å². The van der Waals surface area contributed by atoms with E-state index in [1.54, 1.807) is 42.3 Å². The third-order valence-electron chi connectivity index (χ3n) is 6.61. The van der Waals surface area contributed by atoms with Crippen molar-refractivity contribution < 1.29 is 9.21 Å². The second-order valence-corrected chi connectivity index (χ2v) is 9.38. The SMILES string of the molecule is C[C@H](NC(=O)c1c(N)nn2cccnc12)c1oc2cccc(/C=C/c3cnn(C)c3)c2c(=O)c1-c1ccccc1. The van der Waals surface area contributed by atoms with Gasteiger partial charge in [-0.1, -0.05) is 54.6 Å². The lowest BCUT2D eigenvalue weighted by Crippen LogP contribution is -2.28. The predicted octanol–water partition coefficient (Wildman–Crippen LogP) is 4.48. The van der Waals surface area contributed by atoms with Crippen molar-refractivity contribution in [2.75, 3.05) is 5.73 Å². The second kappa shape index (κ2) is 9.99. The smallest absolute Gasteiger partial charge is 0.259 e. The summed E-state index contributed by atoms with van der Waals surface area (Å²) < 4.78 is 9.55. The van der Waals surface area contributed by atoms with Crippen molar-refractivity contribution in [1.82, 2.24) is 29.7 Å². The Morgan fingerprint density at radius 1 is 1.10 bits per heavy atom. The summed E-state index contributed by atoms with van der Waals surface area (Å²) >= 11 is 0. The van der Waals surface area contributed by atoms with Crippen LogP contribution < -0.4 is 16.5 Å². The summed E-state index contributed by atoms with van der Waals surface area (Å²) in [4.78, 5) is 31.8. The zero-order valence-electron chi connectivity index (χ0n) is 21.8. The number of fused-ring (bicyclic) bond motifs is 2. The molecule has 40 heavy (non-hydrogen) atoms. The molecule has 0 aliphatic heterocycles. The van der Waals surface area contributed by atoms with Crippen LogP contribution in [0, 0.1) is 0 Å². The van der Waals surface area contributed by atoms with E-state index in [9.17, 15) is 9.59 Å². The number of carbonyl (C=O) groups is 1. The van der Waals surface area contributed by atoms with Gasteiger partial charge in [0, 0.05) is 31.2 Å². The molecule has 0 fully saturated rings. The minimum Gasteiger partial charge on any atom is -0.458 e. The molecule has 6 rings (SSSR count). The minimum absolute atomic E-state index is 0.0525. The first-order valence-corrected chi connectivity index (χ1v) is 12.6. The van der Waals surface area contributed by atoms with Gasteiger partial charge in [0.1, 0.15) is 16.9 Å². The first kappa shape index (κ1) is 24.8. The van der Waals surface area contributed by atoms with Gasteiger partial charge in [-0.25, -0.2) is 9.50 Å². The standard InChI is InChI=1S/C30H25N7O3/c1-18(34-30(39)25-28(31)35-37-15-7-14-32-29(25)37)27-24(20-8-4-3-5-9-20)26(38)23-21(10-6-11-22(23)40-27)13-12-19-16-33-36(2)17-19/h3-18H,1-2H3,(H2,31,35)(H,34,39)/b13-12+/t18-/m0/s1. The van der Waals surface area contributed by atoms with Gasteiger partial charge in [0.25, 0.3) is 5.91 Å². The Morgan fingerprint density at radius 2 is 1.93 bits per heavy atom. The van der Waals surface area contributed by atoms with Gasteiger partial charge in [0.2, 0.25) is 5.43 Å². The van der Waals surface area contributed by atoms with Gasteiger partial charge in [-0.15, -0.1) is 5.10 Å². The number of hydrogen-bond acceptors (Lipinski definition) is 7. The van der Waals surface area contributed by atoms with E-state index >= 15 is 0 Å². The third-order valence-corrected chi connectivity index (χ3v) is 6.61. The fraction of sp³-hybridized carbons (Fsp3) is 0.100. The molecule has 0 saturated carbocycles. The highest BCUT2D eigenvalue weighted by atomic mass is 16.3. The third kappa shape index (κ3) is 4.41. The molecule has 1 atom stereocenters. The molecule has 198 valence electrons. The summed E-state index contributed by atoms with van der Waals surface area (Å²) in [6.45, 7) is 1.76. The predicted molar refractivity (Wildman–Crippen MR) is 153 cm³/mol. The van der Waals surface area contributed by atoms with E-state index in [0.717, 1.165) is 5.56 Å². The molecule has 3 N–H and O–H groups in total. The van der Waals surface area contributed by atoms with E-state index in [1.807, 2.05) is 67.9 Å². The van der Waals surface area contributed by atoms with Gasteiger partial charge in [-0.05, 0) is 30.2 Å². The Labute approximate surface area is 228 Å². The number of nitrogens with zero attached hydrogens (tertiary/aromatic N) is 5. The van der Waals surface area contributed by atoms with Gasteiger partial charge < -0.3 is 15.5 Å². The lowest BCUT2D eigenvalue weighted by molar-refractivity contribution is 0.0938. The van der Waals surface area contributed by atoms with Crippen molar-refractivity contribution in [2.24, 2.45) is 7.05 Å². The molecule has 10 nitrogen and oxygen atoms in total. The zero-order valence-corrected chi connectivity index (χ0v) is 21.8. The van der Waals surface area contributed by atoms with Crippen LogP contribution in [-0.2, 0) is 7.05 Å². The van der Waals surface area contributed by atoms with Crippen LogP contribution in [0.5, 0.6) is 0 Å². The lowest BCUT2D eigenvalue weighted by atomic mass is 9.97. The Hall–Kier alpha value is -5.51. The molecule has 4 aromatic heterocycles. The molecule has 0 aliphatic rings. The largest absolute Gasteiger partial charge is 0.458 e. The molecule has 0 aliphatic carbocycles. The van der Waals surface area contributed by atoms with Crippen LogP contribution in [0.25, 0.3) is 39.9 Å². The monoisotopic (exact) mass is 531 g/mol. The van der Waals surface area contributed by atoms with E-state index in [1.165, 1.54) is 4.52 Å². The first-order chi connectivity index (χ1) is 19.4. The number of aryl methyl sites for hydroxylation is 1. The van der Waals surface area contributed by atoms with E-state index in [-0.39, 0.29) is 16.8 Å². The number of benzene rings is 2. The van der Waals surface area contributed by atoms with Crippen molar-refractivity contribution in [3.8, 4) is 11.1 Å². The molecule has 10 heteroatoms. The van der Waals surface area contributed by atoms with Gasteiger partial charge in [0.05, 0.1) is 23.2 Å². The summed E-state index contributed by atoms with van der Waals surface area (Å²) in [5.74, 6) is -0.0984.